The molecule has 1 rings (SSSR count). The van der Waals surface area contributed by atoms with Crippen LogP contribution in [-0.2, 0) is 35.1 Å². The highest BCUT2D eigenvalue weighted by Gasteiger charge is 2.35. The van der Waals surface area contributed by atoms with Crippen LogP contribution in [0.2, 0.25) is 0 Å². The van der Waals surface area contributed by atoms with Gasteiger partial charge in [-0.2, -0.15) is 0 Å². The molecule has 0 bridgehead atoms. The van der Waals surface area contributed by atoms with E-state index < -0.39 is 48.0 Å². The first-order valence-electron chi connectivity index (χ1n) is 9.47. The van der Waals surface area contributed by atoms with Crippen molar-refractivity contribution >= 4 is 23.9 Å². The summed E-state index contributed by atoms with van der Waals surface area (Å²) in [7, 11) is 2.39. The monoisotopic (exact) mass is 422 g/mol. The zero-order valence-corrected chi connectivity index (χ0v) is 18.3. The van der Waals surface area contributed by atoms with Crippen molar-refractivity contribution < 1.29 is 33.4 Å². The van der Waals surface area contributed by atoms with Gasteiger partial charge in [0, 0.05) is 6.54 Å². The molecule has 9 heteroatoms. The van der Waals surface area contributed by atoms with Gasteiger partial charge in [0.15, 0.2) is 0 Å². The Labute approximate surface area is 176 Å². The van der Waals surface area contributed by atoms with E-state index in [1.165, 1.54) is 26.0 Å². The van der Waals surface area contributed by atoms with E-state index >= 15 is 0 Å². The molecular weight excluding hydrogens is 392 g/mol. The van der Waals surface area contributed by atoms with Gasteiger partial charge in [-0.1, -0.05) is 30.3 Å². The van der Waals surface area contributed by atoms with Crippen LogP contribution in [0, 0.1) is 0 Å². The smallest absolute Gasteiger partial charge is 0.408 e. The largest absolute Gasteiger partial charge is 0.469 e. The minimum atomic E-state index is -1.29. The van der Waals surface area contributed by atoms with Crippen LogP contribution in [0.25, 0.3) is 0 Å². The molecule has 0 unspecified atom stereocenters. The van der Waals surface area contributed by atoms with Gasteiger partial charge in [-0.25, -0.2) is 9.59 Å². The van der Waals surface area contributed by atoms with Crippen molar-refractivity contribution in [1.82, 2.24) is 10.2 Å². The third kappa shape index (κ3) is 8.10. The van der Waals surface area contributed by atoms with Crippen molar-refractivity contribution in [2.24, 2.45) is 0 Å². The minimum Gasteiger partial charge on any atom is -0.469 e. The normalized spacial score (nSPS) is 12.9. The van der Waals surface area contributed by atoms with E-state index in [9.17, 15) is 19.2 Å². The molecule has 2 amide bonds. The van der Waals surface area contributed by atoms with Crippen LogP contribution >= 0.6 is 0 Å². The lowest BCUT2D eigenvalue weighted by Crippen LogP contribution is -2.54. The summed E-state index contributed by atoms with van der Waals surface area (Å²) in [4.78, 5) is 50.8. The molecule has 1 aromatic carbocycles. The topological polar surface area (TPSA) is 111 Å². The van der Waals surface area contributed by atoms with E-state index in [2.05, 4.69) is 10.1 Å². The van der Waals surface area contributed by atoms with Crippen LogP contribution in [0.1, 0.15) is 39.7 Å². The Morgan fingerprint density at radius 3 is 2.13 bits per heavy atom. The van der Waals surface area contributed by atoms with Crippen LogP contribution < -0.4 is 5.32 Å². The van der Waals surface area contributed by atoms with Crippen molar-refractivity contribution in [1.29, 1.82) is 0 Å². The first kappa shape index (κ1) is 24.9. The van der Waals surface area contributed by atoms with Gasteiger partial charge in [-0.3, -0.25) is 9.59 Å². The van der Waals surface area contributed by atoms with Crippen molar-refractivity contribution in [3.8, 4) is 0 Å². The summed E-state index contributed by atoms with van der Waals surface area (Å²) < 4.78 is 14.6. The Kier molecular flexibility index (Phi) is 9.29. The lowest BCUT2D eigenvalue weighted by atomic mass is 10.1. The molecule has 0 saturated heterocycles. The molecule has 0 aliphatic rings. The number of nitrogens with one attached hydrogen (secondary N) is 1. The number of alkyl carbamates (subject to hydrolysis) is 1. The number of carbonyl (C=O) groups excluding carboxylic acids is 4. The molecule has 0 heterocycles. The van der Waals surface area contributed by atoms with Gasteiger partial charge in [0.25, 0.3) is 0 Å². The molecule has 0 saturated carbocycles. The second-order valence-electron chi connectivity index (χ2n) is 7.63. The van der Waals surface area contributed by atoms with Crippen molar-refractivity contribution in [3.05, 3.63) is 35.9 Å². The van der Waals surface area contributed by atoms with Gasteiger partial charge in [0.1, 0.15) is 17.7 Å². The number of methoxy groups -OCH3 is 2. The van der Waals surface area contributed by atoms with E-state index in [0.29, 0.717) is 0 Å². The van der Waals surface area contributed by atoms with Gasteiger partial charge in [0.05, 0.1) is 20.6 Å². The maximum absolute atomic E-state index is 13.3. The number of esters is 2. The van der Waals surface area contributed by atoms with Gasteiger partial charge < -0.3 is 24.4 Å². The maximum Gasteiger partial charge on any atom is 0.408 e. The lowest BCUT2D eigenvalue weighted by Gasteiger charge is -2.31. The summed E-state index contributed by atoms with van der Waals surface area (Å²) >= 11 is 0. The number of nitrogens with zero attached hydrogens (tertiary/aromatic N) is 1. The fourth-order valence-corrected chi connectivity index (χ4v) is 2.58. The van der Waals surface area contributed by atoms with Crippen molar-refractivity contribution in [3.63, 3.8) is 0 Å². The SMILES string of the molecule is COC(=O)C[C@H](NC(=O)OC(C)(C)C)C(=O)N(Cc1ccccc1)[C@@H](C)C(=O)OC. The molecule has 0 spiro atoms. The zero-order chi connectivity index (χ0) is 22.9. The van der Waals surface area contributed by atoms with Crippen LogP contribution in [-0.4, -0.2) is 60.7 Å². The fraction of sp³-hybridized carbons (Fsp3) is 0.524. The summed E-state index contributed by atoms with van der Waals surface area (Å²) in [5.74, 6) is -1.98. The summed E-state index contributed by atoms with van der Waals surface area (Å²) in [6.07, 6.45) is -1.29. The first-order valence-corrected chi connectivity index (χ1v) is 9.47. The highest BCUT2D eigenvalue weighted by atomic mass is 16.6. The molecule has 1 aromatic rings. The quantitative estimate of drug-likeness (QED) is 0.504. The Hall–Kier alpha value is -3.10. The van der Waals surface area contributed by atoms with Gasteiger partial charge in [0.2, 0.25) is 5.91 Å². The molecule has 1 N–H and O–H groups in total. The van der Waals surface area contributed by atoms with E-state index in [-0.39, 0.29) is 6.54 Å². The summed E-state index contributed by atoms with van der Waals surface area (Å²) in [5.41, 5.74) is -0.0397. The van der Waals surface area contributed by atoms with E-state index in [1.807, 2.05) is 6.07 Å². The predicted molar refractivity (Wildman–Crippen MR) is 108 cm³/mol. The second-order valence-corrected chi connectivity index (χ2v) is 7.63. The van der Waals surface area contributed by atoms with E-state index in [4.69, 9.17) is 9.47 Å². The van der Waals surface area contributed by atoms with Crippen molar-refractivity contribution in [2.75, 3.05) is 14.2 Å². The third-order valence-corrected chi connectivity index (χ3v) is 4.08. The third-order valence-electron chi connectivity index (χ3n) is 4.08. The predicted octanol–water partition coefficient (Wildman–Crippen LogP) is 2.03. The molecule has 0 fully saturated rings. The van der Waals surface area contributed by atoms with E-state index in [0.717, 1.165) is 5.56 Å². The van der Waals surface area contributed by atoms with Gasteiger partial charge in [-0.05, 0) is 33.3 Å². The molecular formula is C21H30N2O7. The average molecular weight is 422 g/mol. The van der Waals surface area contributed by atoms with Crippen LogP contribution in [0.3, 0.4) is 0 Å². The zero-order valence-electron chi connectivity index (χ0n) is 18.3. The Morgan fingerprint density at radius 2 is 1.63 bits per heavy atom. The maximum atomic E-state index is 13.3. The Morgan fingerprint density at radius 1 is 1.03 bits per heavy atom. The molecule has 0 radical (unpaired) electrons. The van der Waals surface area contributed by atoms with Gasteiger partial charge in [-0.15, -0.1) is 0 Å². The summed E-state index contributed by atoms with van der Waals surface area (Å²) in [6, 6.07) is 6.76. The number of benzene rings is 1. The minimum absolute atomic E-state index is 0.0730. The van der Waals surface area contributed by atoms with Crippen LogP contribution in [0.4, 0.5) is 4.79 Å². The Balaban J connectivity index is 3.19. The highest BCUT2D eigenvalue weighted by Crippen LogP contribution is 2.14. The number of hydrogen-bond donors (Lipinski definition) is 1. The number of amides is 2. The molecule has 166 valence electrons. The number of ether oxygens (including phenoxy) is 3. The molecule has 0 aliphatic carbocycles. The molecule has 0 aromatic heterocycles. The highest BCUT2D eigenvalue weighted by molar-refractivity contribution is 5.92. The fourth-order valence-electron chi connectivity index (χ4n) is 2.58. The average Bonchev–Trinajstić information content (AvgIpc) is 2.69. The Bertz CT molecular complexity index is 743. The standard InChI is InChI=1S/C21H30N2O7/c1-14(19(26)29-6)23(13-15-10-8-7-9-11-15)18(25)16(12-17(24)28-5)22-20(27)30-21(2,3)4/h7-11,14,16H,12-13H2,1-6H3,(H,22,27)/t14-,16-/m0/s1. The molecule has 30 heavy (non-hydrogen) atoms. The lowest BCUT2D eigenvalue weighted by molar-refractivity contribution is -0.154. The molecule has 0 aliphatic heterocycles. The first-order chi connectivity index (χ1) is 14.0. The van der Waals surface area contributed by atoms with Gasteiger partial charge >= 0.3 is 18.0 Å². The number of carbonyl (C=O) groups is 4. The number of rotatable bonds is 8. The molecule has 2 atom stereocenters. The van der Waals surface area contributed by atoms with E-state index in [1.54, 1.807) is 45.0 Å². The van der Waals surface area contributed by atoms with Crippen LogP contribution in [0.5, 0.6) is 0 Å². The van der Waals surface area contributed by atoms with Crippen LogP contribution in [0.15, 0.2) is 30.3 Å². The summed E-state index contributed by atoms with van der Waals surface area (Å²) in [5, 5.41) is 2.41. The number of hydrogen-bond acceptors (Lipinski definition) is 7. The summed E-state index contributed by atoms with van der Waals surface area (Å²) in [6.45, 7) is 6.60. The van der Waals surface area contributed by atoms with Crippen molar-refractivity contribution in [2.45, 2.75) is 58.3 Å². The molecule has 9 nitrogen and oxygen atoms in total. The second kappa shape index (κ2) is 11.2.